The van der Waals surface area contributed by atoms with Crippen LogP contribution in [0.2, 0.25) is 0 Å². The van der Waals surface area contributed by atoms with E-state index in [9.17, 15) is 0 Å². The average Bonchev–Trinajstić information content (AvgIpc) is 3.20. The van der Waals surface area contributed by atoms with E-state index in [1.807, 2.05) is 17.9 Å². The highest BCUT2D eigenvalue weighted by Gasteiger charge is 2.30. The summed E-state index contributed by atoms with van der Waals surface area (Å²) >= 11 is 0. The first-order chi connectivity index (χ1) is 9.67. The van der Waals surface area contributed by atoms with E-state index in [4.69, 9.17) is 0 Å². The molecule has 1 unspecified atom stereocenters. The van der Waals surface area contributed by atoms with Crippen molar-refractivity contribution in [3.63, 3.8) is 0 Å². The molecule has 1 aromatic rings. The maximum absolute atomic E-state index is 4.29. The Morgan fingerprint density at radius 1 is 1.35 bits per heavy atom. The van der Waals surface area contributed by atoms with Gasteiger partial charge in [-0.25, -0.2) is 0 Å². The summed E-state index contributed by atoms with van der Waals surface area (Å²) in [6.45, 7) is 5.87. The molecule has 0 spiro atoms. The fourth-order valence-electron chi connectivity index (χ4n) is 2.99. The lowest BCUT2D eigenvalue weighted by molar-refractivity contribution is 0.211. The normalized spacial score (nSPS) is 18.1. The van der Waals surface area contributed by atoms with Gasteiger partial charge < -0.3 is 5.32 Å². The first kappa shape index (κ1) is 15.6. The molecular formula is C17H31N3. The van der Waals surface area contributed by atoms with Gasteiger partial charge in [0.25, 0.3) is 0 Å². The second-order valence-corrected chi connectivity index (χ2v) is 6.63. The fourth-order valence-corrected chi connectivity index (χ4v) is 2.99. The summed E-state index contributed by atoms with van der Waals surface area (Å²) in [5, 5.41) is 8.07. The largest absolute Gasteiger partial charge is 0.313 e. The van der Waals surface area contributed by atoms with Gasteiger partial charge in [-0.3, -0.25) is 4.68 Å². The molecule has 1 atom stereocenters. The van der Waals surface area contributed by atoms with Crippen LogP contribution in [0.3, 0.4) is 0 Å². The number of aryl methyl sites for hydroxylation is 2. The van der Waals surface area contributed by atoms with Crippen molar-refractivity contribution in [1.82, 2.24) is 15.1 Å². The van der Waals surface area contributed by atoms with Gasteiger partial charge in [0.1, 0.15) is 0 Å². The Morgan fingerprint density at radius 3 is 2.70 bits per heavy atom. The minimum atomic E-state index is 0.481. The van der Waals surface area contributed by atoms with Gasteiger partial charge in [-0.1, -0.05) is 26.7 Å². The van der Waals surface area contributed by atoms with E-state index in [2.05, 4.69) is 30.5 Å². The van der Waals surface area contributed by atoms with Gasteiger partial charge in [-0.2, -0.15) is 5.10 Å². The number of unbranched alkanes of at least 4 members (excludes halogenated alkanes) is 1. The van der Waals surface area contributed by atoms with Gasteiger partial charge >= 0.3 is 0 Å². The summed E-state index contributed by atoms with van der Waals surface area (Å²) in [7, 11) is 2.00. The molecule has 0 saturated heterocycles. The molecule has 1 heterocycles. The zero-order chi connectivity index (χ0) is 14.4. The van der Waals surface area contributed by atoms with Gasteiger partial charge in [0.15, 0.2) is 0 Å². The third-order valence-electron chi connectivity index (χ3n) is 4.86. The number of nitrogens with one attached hydrogen (secondary N) is 1. The summed E-state index contributed by atoms with van der Waals surface area (Å²) in [4.78, 5) is 0. The van der Waals surface area contributed by atoms with E-state index in [0.717, 1.165) is 12.5 Å². The number of rotatable bonds is 10. The van der Waals surface area contributed by atoms with Crippen molar-refractivity contribution < 1.29 is 0 Å². The predicted octanol–water partition coefficient (Wildman–Crippen LogP) is 3.69. The molecule has 3 nitrogen and oxygen atoms in total. The van der Waals surface area contributed by atoms with Crippen LogP contribution >= 0.6 is 0 Å². The maximum Gasteiger partial charge on any atom is 0.0521 e. The Bertz CT molecular complexity index is 395. The molecule has 1 aromatic heterocycles. The highest BCUT2D eigenvalue weighted by molar-refractivity contribution is 5.04. The van der Waals surface area contributed by atoms with Crippen molar-refractivity contribution in [2.45, 2.75) is 71.3 Å². The van der Waals surface area contributed by atoms with Crippen molar-refractivity contribution in [3.05, 3.63) is 18.0 Å². The summed E-state index contributed by atoms with van der Waals surface area (Å²) in [5.74, 6) is 0. The van der Waals surface area contributed by atoms with Crippen molar-refractivity contribution in [2.24, 2.45) is 12.5 Å². The second kappa shape index (κ2) is 7.26. The molecule has 1 saturated carbocycles. The Labute approximate surface area is 124 Å². The van der Waals surface area contributed by atoms with Crippen molar-refractivity contribution >= 4 is 0 Å². The standard InChI is InChI=1S/C17H31N3/c1-4-6-10-17(5-2,14-18-16-7-8-16)11-9-15-12-19-20(3)13-15/h12-13,16,18H,4-11,14H2,1-3H3. The van der Waals surface area contributed by atoms with Crippen LogP contribution in [-0.4, -0.2) is 22.4 Å². The lowest BCUT2D eigenvalue weighted by atomic mass is 9.75. The van der Waals surface area contributed by atoms with Gasteiger partial charge in [0.2, 0.25) is 0 Å². The van der Waals surface area contributed by atoms with E-state index in [1.165, 1.54) is 57.1 Å². The number of hydrogen-bond donors (Lipinski definition) is 1. The summed E-state index contributed by atoms with van der Waals surface area (Å²) in [6.07, 6.45) is 14.7. The third kappa shape index (κ3) is 4.62. The van der Waals surface area contributed by atoms with Crippen LogP contribution in [0.1, 0.15) is 64.4 Å². The van der Waals surface area contributed by atoms with Gasteiger partial charge in [0, 0.05) is 25.8 Å². The third-order valence-corrected chi connectivity index (χ3v) is 4.86. The monoisotopic (exact) mass is 277 g/mol. The molecule has 20 heavy (non-hydrogen) atoms. The minimum Gasteiger partial charge on any atom is -0.313 e. The smallest absolute Gasteiger partial charge is 0.0521 e. The summed E-state index contributed by atoms with van der Waals surface area (Å²) in [6, 6.07) is 0.820. The number of aromatic nitrogens is 2. The predicted molar refractivity (Wildman–Crippen MR) is 84.8 cm³/mol. The van der Waals surface area contributed by atoms with Crippen LogP contribution in [0, 0.1) is 5.41 Å². The number of nitrogens with zero attached hydrogens (tertiary/aromatic N) is 2. The Balaban J connectivity index is 1.91. The van der Waals surface area contributed by atoms with Crippen LogP contribution in [0.4, 0.5) is 0 Å². The maximum atomic E-state index is 4.29. The molecular weight excluding hydrogens is 246 g/mol. The SMILES string of the molecule is CCCCC(CC)(CCc1cnn(C)c1)CNC1CC1. The van der Waals surface area contributed by atoms with Crippen LogP contribution in [0.15, 0.2) is 12.4 Å². The van der Waals surface area contributed by atoms with Crippen LogP contribution in [-0.2, 0) is 13.5 Å². The van der Waals surface area contributed by atoms with Crippen LogP contribution < -0.4 is 5.32 Å². The molecule has 2 rings (SSSR count). The molecule has 1 aliphatic carbocycles. The quantitative estimate of drug-likeness (QED) is 0.707. The highest BCUT2D eigenvalue weighted by Crippen LogP contribution is 2.34. The molecule has 1 N–H and O–H groups in total. The van der Waals surface area contributed by atoms with Crippen LogP contribution in [0.5, 0.6) is 0 Å². The second-order valence-electron chi connectivity index (χ2n) is 6.63. The van der Waals surface area contributed by atoms with Crippen molar-refractivity contribution in [1.29, 1.82) is 0 Å². The first-order valence-corrected chi connectivity index (χ1v) is 8.38. The molecule has 0 radical (unpaired) electrons. The molecule has 3 heteroatoms. The Morgan fingerprint density at radius 2 is 2.15 bits per heavy atom. The molecule has 0 aromatic carbocycles. The Hall–Kier alpha value is -0.830. The zero-order valence-corrected chi connectivity index (χ0v) is 13.5. The molecule has 0 bridgehead atoms. The molecule has 0 aliphatic heterocycles. The van der Waals surface area contributed by atoms with Gasteiger partial charge in [0.05, 0.1) is 6.20 Å². The van der Waals surface area contributed by atoms with Crippen molar-refractivity contribution in [2.75, 3.05) is 6.54 Å². The van der Waals surface area contributed by atoms with Gasteiger partial charge in [-0.05, 0) is 49.5 Å². The minimum absolute atomic E-state index is 0.481. The fraction of sp³-hybridized carbons (Fsp3) is 0.824. The topological polar surface area (TPSA) is 29.9 Å². The highest BCUT2D eigenvalue weighted by atomic mass is 15.2. The average molecular weight is 277 g/mol. The summed E-state index contributed by atoms with van der Waals surface area (Å²) < 4.78 is 1.91. The van der Waals surface area contributed by atoms with E-state index < -0.39 is 0 Å². The number of hydrogen-bond acceptors (Lipinski definition) is 2. The Kier molecular flexibility index (Phi) is 5.64. The lowest BCUT2D eigenvalue weighted by Crippen LogP contribution is -2.35. The molecule has 1 aliphatic rings. The molecule has 0 amide bonds. The van der Waals surface area contributed by atoms with Gasteiger partial charge in [-0.15, -0.1) is 0 Å². The van der Waals surface area contributed by atoms with Crippen LogP contribution in [0.25, 0.3) is 0 Å². The lowest BCUT2D eigenvalue weighted by Gasteiger charge is -2.33. The molecule has 114 valence electrons. The summed E-state index contributed by atoms with van der Waals surface area (Å²) in [5.41, 5.74) is 1.86. The van der Waals surface area contributed by atoms with E-state index >= 15 is 0 Å². The first-order valence-electron chi connectivity index (χ1n) is 8.38. The zero-order valence-electron chi connectivity index (χ0n) is 13.5. The van der Waals surface area contributed by atoms with E-state index in [1.54, 1.807) is 0 Å². The molecule has 1 fully saturated rings. The van der Waals surface area contributed by atoms with E-state index in [0.29, 0.717) is 5.41 Å². The van der Waals surface area contributed by atoms with E-state index in [-0.39, 0.29) is 0 Å². The van der Waals surface area contributed by atoms with Crippen molar-refractivity contribution in [3.8, 4) is 0 Å².